The van der Waals surface area contributed by atoms with Gasteiger partial charge in [-0.2, -0.15) is 4.98 Å². The molecule has 2 aliphatic rings. The molecule has 1 atom stereocenters. The van der Waals surface area contributed by atoms with E-state index in [9.17, 15) is 0 Å². The van der Waals surface area contributed by atoms with Gasteiger partial charge in [-0.25, -0.2) is 4.98 Å². The third-order valence-corrected chi connectivity index (χ3v) is 4.78. The van der Waals surface area contributed by atoms with Crippen molar-refractivity contribution in [1.82, 2.24) is 15.3 Å². The fourth-order valence-electron chi connectivity index (χ4n) is 3.50. The molecule has 1 unspecified atom stereocenters. The van der Waals surface area contributed by atoms with Gasteiger partial charge < -0.3 is 15.5 Å². The molecule has 0 amide bonds. The van der Waals surface area contributed by atoms with Crippen LogP contribution in [0.2, 0.25) is 0 Å². The van der Waals surface area contributed by atoms with Crippen LogP contribution in [0.5, 0.6) is 0 Å². The minimum Gasteiger partial charge on any atom is -0.340 e. The molecule has 1 fully saturated rings. The molecule has 25 heavy (non-hydrogen) atoms. The van der Waals surface area contributed by atoms with Crippen LogP contribution < -0.4 is 15.5 Å². The van der Waals surface area contributed by atoms with Crippen LogP contribution in [-0.4, -0.2) is 41.9 Å². The molecule has 1 saturated heterocycles. The van der Waals surface area contributed by atoms with Crippen molar-refractivity contribution in [2.45, 2.75) is 32.4 Å². The number of rotatable bonds is 5. The molecule has 3 heterocycles. The molecule has 2 N–H and O–H groups in total. The molecule has 6 heteroatoms. The maximum atomic E-state index is 4.76. The lowest BCUT2D eigenvalue weighted by Gasteiger charge is -2.36. The van der Waals surface area contributed by atoms with Gasteiger partial charge in [0.05, 0.1) is 6.54 Å². The van der Waals surface area contributed by atoms with Gasteiger partial charge in [0.25, 0.3) is 0 Å². The summed E-state index contributed by atoms with van der Waals surface area (Å²) in [6.07, 6.45) is 6.09. The zero-order valence-electron chi connectivity index (χ0n) is 14.6. The fourth-order valence-corrected chi connectivity index (χ4v) is 3.50. The van der Waals surface area contributed by atoms with Crippen LogP contribution in [-0.2, 0) is 6.54 Å². The lowest BCUT2D eigenvalue weighted by molar-refractivity contribution is 0.444. The number of benzene rings is 1. The van der Waals surface area contributed by atoms with E-state index in [1.165, 1.54) is 11.1 Å². The normalized spacial score (nSPS) is 19.1. The van der Waals surface area contributed by atoms with Crippen LogP contribution in [0.15, 0.2) is 35.5 Å². The van der Waals surface area contributed by atoms with E-state index in [0.29, 0.717) is 6.04 Å². The van der Waals surface area contributed by atoms with E-state index in [0.717, 1.165) is 56.5 Å². The van der Waals surface area contributed by atoms with Gasteiger partial charge in [0.15, 0.2) is 0 Å². The Balaban J connectivity index is 1.53. The third kappa shape index (κ3) is 3.49. The number of nitrogens with one attached hydrogen (secondary N) is 2. The average Bonchev–Trinajstić information content (AvgIpc) is 3.10. The minimum absolute atomic E-state index is 0.463. The summed E-state index contributed by atoms with van der Waals surface area (Å²) in [5, 5.41) is 6.88. The van der Waals surface area contributed by atoms with E-state index < -0.39 is 0 Å². The number of anilines is 3. The van der Waals surface area contributed by atoms with Gasteiger partial charge in [0.2, 0.25) is 5.95 Å². The number of aliphatic imine (C=N–C) groups is 1. The molecule has 0 bridgehead atoms. The second-order valence-electron chi connectivity index (χ2n) is 6.59. The highest BCUT2D eigenvalue weighted by molar-refractivity contribution is 5.86. The molecule has 2 aromatic rings. The van der Waals surface area contributed by atoms with Crippen molar-refractivity contribution in [3.05, 3.63) is 41.6 Å². The molecular formula is C19H24N6. The minimum atomic E-state index is 0.463. The Bertz CT molecular complexity index is 770. The lowest BCUT2D eigenvalue weighted by Crippen LogP contribution is -2.52. The zero-order valence-corrected chi connectivity index (χ0v) is 14.6. The molecule has 130 valence electrons. The van der Waals surface area contributed by atoms with Crippen molar-refractivity contribution in [1.29, 1.82) is 0 Å². The van der Waals surface area contributed by atoms with Gasteiger partial charge in [-0.3, -0.25) is 4.99 Å². The second kappa shape index (κ2) is 7.19. The SMILES string of the molecule is CCCC1CNCCN1c1nccc(Nc2ccc3c(c2)C=NC3)n1. The van der Waals surface area contributed by atoms with E-state index in [1.54, 1.807) is 0 Å². The van der Waals surface area contributed by atoms with Gasteiger partial charge in [0, 0.05) is 43.8 Å². The predicted molar refractivity (Wildman–Crippen MR) is 102 cm³/mol. The van der Waals surface area contributed by atoms with Crippen molar-refractivity contribution in [3.8, 4) is 0 Å². The van der Waals surface area contributed by atoms with E-state index in [4.69, 9.17) is 4.98 Å². The van der Waals surface area contributed by atoms with Crippen LogP contribution in [0, 0.1) is 0 Å². The highest BCUT2D eigenvalue weighted by Crippen LogP contribution is 2.23. The summed E-state index contributed by atoms with van der Waals surface area (Å²) in [5.74, 6) is 1.64. The van der Waals surface area contributed by atoms with Crippen LogP contribution in [0.3, 0.4) is 0 Å². The Morgan fingerprint density at radius 1 is 1.32 bits per heavy atom. The Morgan fingerprint density at radius 2 is 2.28 bits per heavy atom. The predicted octanol–water partition coefficient (Wildman–Crippen LogP) is 2.73. The van der Waals surface area contributed by atoms with Crippen molar-refractivity contribution >= 4 is 23.7 Å². The Labute approximate surface area is 148 Å². The molecule has 0 aliphatic carbocycles. The van der Waals surface area contributed by atoms with Crippen molar-refractivity contribution in [2.24, 2.45) is 4.99 Å². The van der Waals surface area contributed by atoms with E-state index in [2.05, 4.69) is 50.6 Å². The van der Waals surface area contributed by atoms with Crippen LogP contribution in [0.1, 0.15) is 30.9 Å². The van der Waals surface area contributed by atoms with Gasteiger partial charge in [0.1, 0.15) is 5.82 Å². The smallest absolute Gasteiger partial charge is 0.227 e. The number of hydrogen-bond acceptors (Lipinski definition) is 6. The molecule has 1 aromatic carbocycles. The molecule has 1 aromatic heterocycles. The molecule has 4 rings (SSSR count). The van der Waals surface area contributed by atoms with Crippen LogP contribution >= 0.6 is 0 Å². The summed E-state index contributed by atoms with van der Waals surface area (Å²) in [6.45, 7) is 5.94. The Kier molecular flexibility index (Phi) is 4.61. The molecular weight excluding hydrogens is 312 g/mol. The molecule has 0 saturated carbocycles. The molecule has 6 nitrogen and oxygen atoms in total. The van der Waals surface area contributed by atoms with Gasteiger partial charge in [-0.15, -0.1) is 0 Å². The molecule has 0 spiro atoms. The summed E-state index contributed by atoms with van der Waals surface area (Å²) in [5.41, 5.74) is 3.49. The van der Waals surface area contributed by atoms with Crippen molar-refractivity contribution < 1.29 is 0 Å². The van der Waals surface area contributed by atoms with Crippen molar-refractivity contribution in [2.75, 3.05) is 29.9 Å². The van der Waals surface area contributed by atoms with E-state index in [1.807, 2.05) is 18.5 Å². The summed E-state index contributed by atoms with van der Waals surface area (Å²) >= 11 is 0. The molecule has 0 radical (unpaired) electrons. The topological polar surface area (TPSA) is 65.4 Å². The van der Waals surface area contributed by atoms with Gasteiger partial charge in [-0.05, 0) is 35.7 Å². The first kappa shape index (κ1) is 16.0. The fraction of sp³-hybridized carbons (Fsp3) is 0.421. The van der Waals surface area contributed by atoms with Gasteiger partial charge >= 0.3 is 0 Å². The van der Waals surface area contributed by atoms with E-state index in [-0.39, 0.29) is 0 Å². The maximum Gasteiger partial charge on any atom is 0.227 e. The number of aromatic nitrogens is 2. The first-order valence-corrected chi connectivity index (χ1v) is 9.03. The monoisotopic (exact) mass is 336 g/mol. The molecule has 2 aliphatic heterocycles. The summed E-state index contributed by atoms with van der Waals surface area (Å²) < 4.78 is 0. The number of hydrogen-bond donors (Lipinski definition) is 2. The summed E-state index contributed by atoms with van der Waals surface area (Å²) in [7, 11) is 0. The zero-order chi connectivity index (χ0) is 17.1. The van der Waals surface area contributed by atoms with Gasteiger partial charge in [-0.1, -0.05) is 19.4 Å². The maximum absolute atomic E-state index is 4.76. The van der Waals surface area contributed by atoms with Crippen molar-refractivity contribution in [3.63, 3.8) is 0 Å². The average molecular weight is 336 g/mol. The van der Waals surface area contributed by atoms with Crippen LogP contribution in [0.25, 0.3) is 0 Å². The number of fused-ring (bicyclic) bond motifs is 1. The Morgan fingerprint density at radius 3 is 3.20 bits per heavy atom. The highest BCUT2D eigenvalue weighted by atomic mass is 15.3. The Hall–Kier alpha value is -2.47. The standard InChI is InChI=1S/C19H24N6/c1-2-3-17-13-20-8-9-25(17)19-22-7-6-18(24-19)23-16-5-4-14-11-21-12-15(14)10-16/h4-7,10,12,17,20H,2-3,8-9,11,13H2,1H3,(H,22,23,24). The number of piperazine rings is 1. The number of nitrogens with zero attached hydrogens (tertiary/aromatic N) is 4. The van der Waals surface area contributed by atoms with Crippen LogP contribution in [0.4, 0.5) is 17.5 Å². The first-order valence-electron chi connectivity index (χ1n) is 9.03. The quantitative estimate of drug-likeness (QED) is 0.879. The highest BCUT2D eigenvalue weighted by Gasteiger charge is 2.23. The largest absolute Gasteiger partial charge is 0.340 e. The third-order valence-electron chi connectivity index (χ3n) is 4.78. The summed E-state index contributed by atoms with van der Waals surface area (Å²) in [6, 6.07) is 8.71. The first-order chi connectivity index (χ1) is 12.3. The second-order valence-corrected chi connectivity index (χ2v) is 6.59. The van der Waals surface area contributed by atoms with E-state index >= 15 is 0 Å². The lowest BCUT2D eigenvalue weighted by atomic mass is 10.1. The summed E-state index contributed by atoms with van der Waals surface area (Å²) in [4.78, 5) is 15.9.